The zero-order valence-electron chi connectivity index (χ0n) is 10.4. The molecule has 0 saturated heterocycles. The second-order valence-corrected chi connectivity index (χ2v) is 4.52. The van der Waals surface area contributed by atoms with Crippen LogP contribution in [0, 0.1) is 11.6 Å². The van der Waals surface area contributed by atoms with E-state index in [0.717, 1.165) is 11.8 Å². The van der Waals surface area contributed by atoms with E-state index in [1.165, 1.54) is 18.2 Å². The van der Waals surface area contributed by atoms with Crippen LogP contribution in [0.4, 0.5) is 14.6 Å². The van der Waals surface area contributed by atoms with Crippen molar-refractivity contribution in [1.82, 2.24) is 4.98 Å². The van der Waals surface area contributed by atoms with Gasteiger partial charge < -0.3 is 4.90 Å². The summed E-state index contributed by atoms with van der Waals surface area (Å²) in [5.74, 6) is 0.136. The van der Waals surface area contributed by atoms with Gasteiger partial charge in [0.15, 0.2) is 0 Å². The molecular weight excluding hydrogens is 270 g/mol. The molecule has 0 radical (unpaired) electrons. The Bertz CT molecular complexity index is 558. The molecule has 0 aliphatic heterocycles. The summed E-state index contributed by atoms with van der Waals surface area (Å²) in [7, 11) is 1.83. The van der Waals surface area contributed by atoms with E-state index >= 15 is 0 Å². The number of aromatic nitrogens is 1. The van der Waals surface area contributed by atoms with Crippen LogP contribution >= 0.6 is 11.6 Å². The van der Waals surface area contributed by atoms with Crippen molar-refractivity contribution in [3.63, 3.8) is 0 Å². The summed E-state index contributed by atoms with van der Waals surface area (Å²) < 4.78 is 25.9. The maximum Gasteiger partial charge on any atom is 0.141 e. The largest absolute Gasteiger partial charge is 0.355 e. The Balaban J connectivity index is 2.19. The van der Waals surface area contributed by atoms with Gasteiger partial charge in [-0.3, -0.25) is 0 Å². The molecule has 0 N–H and O–H groups in total. The third kappa shape index (κ3) is 3.41. The predicted octanol–water partition coefficient (Wildman–Crippen LogP) is 3.74. The van der Waals surface area contributed by atoms with Gasteiger partial charge in [-0.15, -0.1) is 11.6 Å². The van der Waals surface area contributed by atoms with Gasteiger partial charge in [0, 0.05) is 19.2 Å². The van der Waals surface area contributed by atoms with Crippen molar-refractivity contribution in [3.8, 4) is 0 Å². The van der Waals surface area contributed by atoms with Crippen molar-refractivity contribution in [2.75, 3.05) is 11.9 Å². The lowest BCUT2D eigenvalue weighted by Crippen LogP contribution is -2.19. The first-order chi connectivity index (χ1) is 9.10. The minimum absolute atomic E-state index is 0.188. The normalized spacial score (nSPS) is 10.5. The Morgan fingerprint density at radius 1 is 1.16 bits per heavy atom. The quantitative estimate of drug-likeness (QED) is 0.794. The summed E-state index contributed by atoms with van der Waals surface area (Å²) in [6, 6.07) is 7.59. The third-order valence-corrected chi connectivity index (χ3v) is 3.04. The molecule has 0 spiro atoms. The summed E-state index contributed by atoms with van der Waals surface area (Å²) in [6.07, 6.45) is 1.16. The van der Waals surface area contributed by atoms with Crippen molar-refractivity contribution in [3.05, 3.63) is 59.3 Å². The lowest BCUT2D eigenvalue weighted by Gasteiger charge is -2.20. The van der Waals surface area contributed by atoms with Crippen LogP contribution in [0.15, 0.2) is 36.5 Å². The number of halogens is 3. The highest BCUT2D eigenvalue weighted by Gasteiger charge is 2.10. The zero-order valence-corrected chi connectivity index (χ0v) is 11.2. The van der Waals surface area contributed by atoms with E-state index in [0.29, 0.717) is 17.9 Å². The van der Waals surface area contributed by atoms with Crippen molar-refractivity contribution in [1.29, 1.82) is 0 Å². The van der Waals surface area contributed by atoms with Gasteiger partial charge in [0.05, 0.1) is 12.1 Å². The zero-order chi connectivity index (χ0) is 13.8. The lowest BCUT2D eigenvalue weighted by molar-refractivity contribution is 0.618. The molecule has 1 aromatic carbocycles. The van der Waals surface area contributed by atoms with E-state index < -0.39 is 5.82 Å². The Labute approximate surface area is 115 Å². The first-order valence-electron chi connectivity index (χ1n) is 5.76. The fraction of sp³-hybridized carbons (Fsp3) is 0.214. The number of benzene rings is 1. The molecule has 2 aromatic rings. The van der Waals surface area contributed by atoms with Crippen molar-refractivity contribution in [2.24, 2.45) is 0 Å². The molecule has 2 rings (SSSR count). The molecule has 1 aromatic heterocycles. The maximum absolute atomic E-state index is 13.1. The highest BCUT2D eigenvalue weighted by Crippen LogP contribution is 2.21. The lowest BCUT2D eigenvalue weighted by atomic mass is 10.2. The Hall–Kier alpha value is -1.68. The van der Waals surface area contributed by atoms with Gasteiger partial charge in [0.2, 0.25) is 0 Å². The molecule has 0 fully saturated rings. The van der Waals surface area contributed by atoms with E-state index in [1.54, 1.807) is 12.1 Å². The first kappa shape index (κ1) is 13.7. The first-order valence-corrected chi connectivity index (χ1v) is 6.29. The van der Waals surface area contributed by atoms with Crippen LogP contribution in [0.25, 0.3) is 0 Å². The Morgan fingerprint density at radius 2 is 1.84 bits per heavy atom. The summed E-state index contributed by atoms with van der Waals surface area (Å²) in [5, 5.41) is 0. The van der Waals surface area contributed by atoms with Crippen molar-refractivity contribution in [2.45, 2.75) is 12.4 Å². The van der Waals surface area contributed by atoms with Crippen LogP contribution in [0.1, 0.15) is 11.1 Å². The number of nitrogens with zero attached hydrogens (tertiary/aromatic N) is 2. The topological polar surface area (TPSA) is 16.1 Å². The fourth-order valence-corrected chi connectivity index (χ4v) is 2.05. The Morgan fingerprint density at radius 3 is 2.47 bits per heavy atom. The van der Waals surface area contributed by atoms with Crippen LogP contribution < -0.4 is 4.90 Å². The minimum Gasteiger partial charge on any atom is -0.355 e. The van der Waals surface area contributed by atoms with Gasteiger partial charge in [-0.25, -0.2) is 13.8 Å². The average Bonchev–Trinajstić information content (AvgIpc) is 2.41. The molecule has 0 saturated carbocycles. The second-order valence-electron chi connectivity index (χ2n) is 4.25. The van der Waals surface area contributed by atoms with Crippen LogP contribution in [-0.4, -0.2) is 12.0 Å². The number of pyridine rings is 1. The minimum atomic E-state index is -0.408. The number of alkyl halides is 1. The van der Waals surface area contributed by atoms with Crippen LogP contribution in [0.3, 0.4) is 0 Å². The van der Waals surface area contributed by atoms with E-state index in [9.17, 15) is 8.78 Å². The van der Waals surface area contributed by atoms with Gasteiger partial charge in [-0.1, -0.05) is 12.1 Å². The summed E-state index contributed by atoms with van der Waals surface area (Å²) in [4.78, 5) is 5.91. The van der Waals surface area contributed by atoms with Gasteiger partial charge in [0.25, 0.3) is 0 Å². The van der Waals surface area contributed by atoms with Crippen LogP contribution in [-0.2, 0) is 12.4 Å². The second kappa shape index (κ2) is 5.97. The van der Waals surface area contributed by atoms with Crippen LogP contribution in [0.2, 0.25) is 0 Å². The summed E-state index contributed by atoms with van der Waals surface area (Å²) in [5.41, 5.74) is 1.57. The molecule has 0 amide bonds. The van der Waals surface area contributed by atoms with Gasteiger partial charge >= 0.3 is 0 Å². The van der Waals surface area contributed by atoms with Gasteiger partial charge in [-0.05, 0) is 23.8 Å². The summed E-state index contributed by atoms with van der Waals surface area (Å²) >= 11 is 5.79. The highest BCUT2D eigenvalue weighted by atomic mass is 35.5. The molecule has 100 valence electrons. The molecule has 19 heavy (non-hydrogen) atoms. The fourth-order valence-electron chi connectivity index (χ4n) is 1.85. The summed E-state index contributed by atoms with van der Waals surface area (Å²) in [6.45, 7) is 0.544. The number of rotatable bonds is 4. The molecule has 0 bridgehead atoms. The number of hydrogen-bond acceptors (Lipinski definition) is 2. The van der Waals surface area contributed by atoms with Crippen molar-refractivity contribution >= 4 is 17.4 Å². The van der Waals surface area contributed by atoms with Crippen LogP contribution in [0.5, 0.6) is 0 Å². The molecule has 5 heteroatoms. The standard InChI is InChI=1S/C14H13ClF2N2/c1-19(9-10-2-4-12(16)5-3-10)14-11(7-15)6-13(17)8-18-14/h2-6,8H,7,9H2,1H3. The maximum atomic E-state index is 13.1. The average molecular weight is 283 g/mol. The molecule has 1 heterocycles. The molecule has 0 atom stereocenters. The molecule has 0 unspecified atom stereocenters. The van der Waals surface area contributed by atoms with E-state index in [2.05, 4.69) is 4.98 Å². The van der Waals surface area contributed by atoms with Gasteiger partial charge in [0.1, 0.15) is 17.5 Å². The SMILES string of the molecule is CN(Cc1ccc(F)cc1)c1ncc(F)cc1CCl. The Kier molecular flexibility index (Phi) is 4.32. The monoisotopic (exact) mass is 282 g/mol. The molecular formula is C14H13ClF2N2. The highest BCUT2D eigenvalue weighted by molar-refractivity contribution is 6.17. The van der Waals surface area contributed by atoms with Gasteiger partial charge in [-0.2, -0.15) is 0 Å². The molecule has 0 aliphatic rings. The molecule has 2 nitrogen and oxygen atoms in total. The number of hydrogen-bond donors (Lipinski definition) is 0. The smallest absolute Gasteiger partial charge is 0.141 e. The number of anilines is 1. The van der Waals surface area contributed by atoms with E-state index in [1.807, 2.05) is 11.9 Å². The molecule has 0 aliphatic carbocycles. The van der Waals surface area contributed by atoms with E-state index in [4.69, 9.17) is 11.6 Å². The third-order valence-electron chi connectivity index (χ3n) is 2.75. The van der Waals surface area contributed by atoms with E-state index in [-0.39, 0.29) is 11.7 Å². The van der Waals surface area contributed by atoms with Crippen molar-refractivity contribution < 1.29 is 8.78 Å². The predicted molar refractivity (Wildman–Crippen MR) is 72.3 cm³/mol.